The lowest BCUT2D eigenvalue weighted by Gasteiger charge is -2.49. The summed E-state index contributed by atoms with van der Waals surface area (Å²) in [6.45, 7) is 16.6. The van der Waals surface area contributed by atoms with Crippen LogP contribution in [0.1, 0.15) is 55.4 Å². The van der Waals surface area contributed by atoms with Crippen LogP contribution in [0.4, 0.5) is 0 Å². The highest BCUT2D eigenvalue weighted by atomic mass is 16.3. The molecule has 0 spiro atoms. The van der Waals surface area contributed by atoms with Crippen LogP contribution in [0.15, 0.2) is 0 Å². The Kier molecular flexibility index (Phi) is 4.80. The molecule has 0 radical (unpaired) electrons. The number of aliphatic hydroxyl groups is 1. The molecule has 1 atom stereocenters. The van der Waals surface area contributed by atoms with Crippen molar-refractivity contribution >= 4 is 5.91 Å². The molecule has 17 heavy (non-hydrogen) atoms. The van der Waals surface area contributed by atoms with Crippen molar-refractivity contribution in [2.24, 2.45) is 16.2 Å². The minimum atomic E-state index is -0.507. The quantitative estimate of drug-likeness (QED) is 0.797. The summed E-state index contributed by atoms with van der Waals surface area (Å²) in [5.41, 5.74) is -0.610. The fourth-order valence-electron chi connectivity index (χ4n) is 1.68. The van der Waals surface area contributed by atoms with Gasteiger partial charge in [0.05, 0.1) is 6.10 Å². The third-order valence-corrected chi connectivity index (χ3v) is 4.56. The van der Waals surface area contributed by atoms with E-state index in [0.717, 1.165) is 0 Å². The van der Waals surface area contributed by atoms with Crippen molar-refractivity contribution in [3.8, 4) is 0 Å². The van der Waals surface area contributed by atoms with E-state index in [4.69, 9.17) is 0 Å². The average molecular weight is 243 g/mol. The maximum Gasteiger partial charge on any atom is 0.226 e. The van der Waals surface area contributed by atoms with E-state index < -0.39 is 11.5 Å². The zero-order valence-corrected chi connectivity index (χ0v) is 12.6. The Bertz CT molecular complexity index is 272. The summed E-state index contributed by atoms with van der Waals surface area (Å²) in [5.74, 6) is -0.00155. The maximum atomic E-state index is 12.2. The summed E-state index contributed by atoms with van der Waals surface area (Å²) in [5, 5.41) is 12.0. The Morgan fingerprint density at radius 3 is 1.82 bits per heavy atom. The van der Waals surface area contributed by atoms with Crippen LogP contribution in [0.2, 0.25) is 0 Å². The average Bonchev–Trinajstić information content (AvgIpc) is 2.11. The van der Waals surface area contributed by atoms with Gasteiger partial charge in [0.1, 0.15) is 0 Å². The first-order valence-electron chi connectivity index (χ1n) is 6.30. The summed E-state index contributed by atoms with van der Waals surface area (Å²) in [7, 11) is 0. The molecule has 0 aromatic carbocycles. The van der Waals surface area contributed by atoms with Crippen molar-refractivity contribution in [2.75, 3.05) is 6.54 Å². The first-order chi connectivity index (χ1) is 7.34. The Hall–Kier alpha value is -0.570. The Balaban J connectivity index is 4.94. The third kappa shape index (κ3) is 3.44. The van der Waals surface area contributed by atoms with Crippen LogP contribution in [0, 0.1) is 16.2 Å². The molecule has 0 aliphatic heterocycles. The first kappa shape index (κ1) is 16.4. The number of amides is 1. The lowest BCUT2D eigenvalue weighted by Crippen LogP contribution is -2.52. The summed E-state index contributed by atoms with van der Waals surface area (Å²) < 4.78 is 0. The number of hydrogen-bond donors (Lipinski definition) is 2. The summed E-state index contributed by atoms with van der Waals surface area (Å²) in [6.07, 6.45) is -0.507. The second kappa shape index (κ2) is 4.97. The molecule has 0 rings (SSSR count). The molecule has 3 heteroatoms. The third-order valence-electron chi connectivity index (χ3n) is 4.56. The highest BCUT2D eigenvalue weighted by molar-refractivity contribution is 5.82. The Morgan fingerprint density at radius 1 is 1.12 bits per heavy atom. The molecule has 1 amide bonds. The molecule has 0 fully saturated rings. The van der Waals surface area contributed by atoms with Crippen molar-refractivity contribution in [2.45, 2.75) is 61.5 Å². The monoisotopic (exact) mass is 243 g/mol. The number of rotatable bonds is 4. The number of hydrogen-bond acceptors (Lipinski definition) is 2. The van der Waals surface area contributed by atoms with Gasteiger partial charge in [-0.2, -0.15) is 0 Å². The van der Waals surface area contributed by atoms with Gasteiger partial charge in [0.15, 0.2) is 0 Å². The summed E-state index contributed by atoms with van der Waals surface area (Å²) in [6, 6.07) is 0. The zero-order chi connectivity index (χ0) is 14.1. The second-order valence-electron chi connectivity index (χ2n) is 7.06. The molecule has 0 aliphatic rings. The second-order valence-corrected chi connectivity index (χ2v) is 7.06. The minimum Gasteiger partial charge on any atom is -0.392 e. The molecule has 0 aromatic rings. The fourth-order valence-corrected chi connectivity index (χ4v) is 1.68. The number of carbonyl (C=O) groups excluding carboxylic acids is 1. The first-order valence-corrected chi connectivity index (χ1v) is 6.30. The van der Waals surface area contributed by atoms with Crippen molar-refractivity contribution < 1.29 is 9.90 Å². The molecule has 1 unspecified atom stereocenters. The standard InChI is InChI=1S/C14H29NO2/c1-10(16)9-15-11(17)13(5,6)14(7,8)12(2,3)4/h10,16H,9H2,1-8H3,(H,15,17). The molecule has 2 N–H and O–H groups in total. The summed E-state index contributed by atoms with van der Waals surface area (Å²) >= 11 is 0. The number of carbonyl (C=O) groups is 1. The van der Waals surface area contributed by atoms with Crippen molar-refractivity contribution in [3.63, 3.8) is 0 Å². The van der Waals surface area contributed by atoms with Crippen LogP contribution in [-0.2, 0) is 4.79 Å². The maximum absolute atomic E-state index is 12.2. The van der Waals surface area contributed by atoms with Crippen molar-refractivity contribution in [3.05, 3.63) is 0 Å². The highest BCUT2D eigenvalue weighted by Crippen LogP contribution is 2.51. The molecular weight excluding hydrogens is 214 g/mol. The molecule has 0 saturated heterocycles. The molecule has 0 saturated carbocycles. The number of nitrogens with one attached hydrogen (secondary N) is 1. The SMILES string of the molecule is CC(O)CNC(=O)C(C)(C)C(C)(C)C(C)(C)C. The molecule has 0 aromatic heterocycles. The highest BCUT2D eigenvalue weighted by Gasteiger charge is 2.49. The Labute approximate surface area is 106 Å². The zero-order valence-electron chi connectivity index (χ0n) is 12.6. The lowest BCUT2D eigenvalue weighted by molar-refractivity contribution is -0.141. The van der Waals surface area contributed by atoms with Crippen LogP contribution in [0.5, 0.6) is 0 Å². The van der Waals surface area contributed by atoms with Crippen molar-refractivity contribution in [1.29, 1.82) is 0 Å². The van der Waals surface area contributed by atoms with Gasteiger partial charge < -0.3 is 10.4 Å². The predicted molar refractivity (Wildman–Crippen MR) is 71.7 cm³/mol. The molecule has 102 valence electrons. The van der Waals surface area contributed by atoms with Gasteiger partial charge in [-0.15, -0.1) is 0 Å². The molecule has 0 aliphatic carbocycles. The molecular formula is C14H29NO2. The lowest BCUT2D eigenvalue weighted by atomic mass is 9.55. The topological polar surface area (TPSA) is 49.3 Å². The van der Waals surface area contributed by atoms with E-state index >= 15 is 0 Å². The summed E-state index contributed by atoms with van der Waals surface area (Å²) in [4.78, 5) is 12.2. The van der Waals surface area contributed by atoms with Crippen LogP contribution in [0.3, 0.4) is 0 Å². The van der Waals surface area contributed by atoms with Gasteiger partial charge in [-0.1, -0.05) is 48.5 Å². The van der Waals surface area contributed by atoms with E-state index in [-0.39, 0.29) is 16.7 Å². The van der Waals surface area contributed by atoms with Gasteiger partial charge in [0.25, 0.3) is 0 Å². The van der Waals surface area contributed by atoms with Gasteiger partial charge in [0, 0.05) is 12.0 Å². The van der Waals surface area contributed by atoms with E-state index in [1.54, 1.807) is 6.92 Å². The van der Waals surface area contributed by atoms with Gasteiger partial charge in [-0.05, 0) is 17.8 Å². The van der Waals surface area contributed by atoms with E-state index in [1.807, 2.05) is 13.8 Å². The molecule has 0 bridgehead atoms. The van der Waals surface area contributed by atoms with E-state index in [2.05, 4.69) is 39.9 Å². The normalized spacial score (nSPS) is 15.6. The van der Waals surface area contributed by atoms with Gasteiger partial charge >= 0.3 is 0 Å². The van der Waals surface area contributed by atoms with Gasteiger partial charge in [0.2, 0.25) is 5.91 Å². The fraction of sp³-hybridized carbons (Fsp3) is 0.929. The van der Waals surface area contributed by atoms with E-state index in [1.165, 1.54) is 0 Å². The Morgan fingerprint density at radius 2 is 1.53 bits per heavy atom. The van der Waals surface area contributed by atoms with E-state index in [9.17, 15) is 9.90 Å². The van der Waals surface area contributed by atoms with Crippen LogP contribution in [-0.4, -0.2) is 23.7 Å². The molecule has 0 heterocycles. The minimum absolute atomic E-state index is 0.00155. The van der Waals surface area contributed by atoms with E-state index in [0.29, 0.717) is 6.54 Å². The van der Waals surface area contributed by atoms with Crippen LogP contribution in [0.25, 0.3) is 0 Å². The largest absolute Gasteiger partial charge is 0.392 e. The smallest absolute Gasteiger partial charge is 0.226 e. The van der Waals surface area contributed by atoms with Gasteiger partial charge in [-0.3, -0.25) is 4.79 Å². The number of aliphatic hydroxyl groups excluding tert-OH is 1. The predicted octanol–water partition coefficient (Wildman–Crippen LogP) is 2.58. The molecule has 3 nitrogen and oxygen atoms in total. The van der Waals surface area contributed by atoms with Gasteiger partial charge in [-0.25, -0.2) is 0 Å². The van der Waals surface area contributed by atoms with Crippen LogP contribution < -0.4 is 5.32 Å². The van der Waals surface area contributed by atoms with Crippen molar-refractivity contribution in [1.82, 2.24) is 5.32 Å². The van der Waals surface area contributed by atoms with Crippen LogP contribution >= 0.6 is 0 Å².